The van der Waals surface area contributed by atoms with Gasteiger partial charge in [-0.15, -0.1) is 0 Å². The van der Waals surface area contributed by atoms with Gasteiger partial charge >= 0.3 is 5.97 Å². The zero-order valence-corrected chi connectivity index (χ0v) is 13.0. The molecule has 0 radical (unpaired) electrons. The molecule has 0 bridgehead atoms. The third-order valence-corrected chi connectivity index (χ3v) is 5.46. The van der Waals surface area contributed by atoms with E-state index in [1.54, 1.807) is 12.1 Å². The largest absolute Gasteiger partial charge is 0.478 e. The van der Waals surface area contributed by atoms with Crippen LogP contribution in [0.3, 0.4) is 0 Å². The monoisotopic (exact) mass is 275 g/mol. The van der Waals surface area contributed by atoms with E-state index in [9.17, 15) is 4.79 Å². The minimum atomic E-state index is -0.876. The molecule has 0 aliphatic heterocycles. The minimum Gasteiger partial charge on any atom is -0.478 e. The Morgan fingerprint density at radius 3 is 2.10 bits per heavy atom. The van der Waals surface area contributed by atoms with Crippen LogP contribution in [0.15, 0.2) is 24.3 Å². The Morgan fingerprint density at radius 2 is 1.70 bits per heavy atom. The Bertz CT molecular complexity index is 488. The van der Waals surface area contributed by atoms with E-state index in [0.29, 0.717) is 28.4 Å². The van der Waals surface area contributed by atoms with Crippen LogP contribution in [-0.4, -0.2) is 17.1 Å². The van der Waals surface area contributed by atoms with Crippen LogP contribution in [0.4, 0.5) is 0 Å². The highest BCUT2D eigenvalue weighted by Crippen LogP contribution is 2.69. The molecule has 1 aromatic carbocycles. The number of aromatic carboxylic acids is 1. The molecule has 1 unspecified atom stereocenters. The van der Waals surface area contributed by atoms with E-state index in [0.717, 1.165) is 12.1 Å². The number of carboxylic acid groups (broad SMARTS) is 1. The molecule has 3 nitrogen and oxygen atoms in total. The van der Waals surface area contributed by atoms with Gasteiger partial charge in [0.2, 0.25) is 0 Å². The molecule has 0 amide bonds. The molecule has 0 heterocycles. The molecular formula is C17H25NO2. The lowest BCUT2D eigenvalue weighted by Crippen LogP contribution is -2.29. The Labute approximate surface area is 121 Å². The summed E-state index contributed by atoms with van der Waals surface area (Å²) >= 11 is 0. The van der Waals surface area contributed by atoms with E-state index < -0.39 is 5.97 Å². The second-order valence-electron chi connectivity index (χ2n) is 7.09. The van der Waals surface area contributed by atoms with Crippen molar-refractivity contribution < 1.29 is 9.90 Å². The Hall–Kier alpha value is -1.35. The van der Waals surface area contributed by atoms with Crippen molar-refractivity contribution in [2.24, 2.45) is 16.7 Å². The molecular weight excluding hydrogens is 250 g/mol. The van der Waals surface area contributed by atoms with Gasteiger partial charge < -0.3 is 10.4 Å². The second-order valence-corrected chi connectivity index (χ2v) is 7.09. The molecule has 20 heavy (non-hydrogen) atoms. The summed E-state index contributed by atoms with van der Waals surface area (Å²) < 4.78 is 0. The molecule has 0 saturated heterocycles. The summed E-state index contributed by atoms with van der Waals surface area (Å²) in [5.74, 6) is -0.201. The van der Waals surface area contributed by atoms with Crippen molar-refractivity contribution in [2.75, 3.05) is 0 Å². The van der Waals surface area contributed by atoms with Gasteiger partial charge in [-0.05, 0) is 41.4 Å². The van der Waals surface area contributed by atoms with Crippen LogP contribution in [0.1, 0.15) is 50.5 Å². The number of benzene rings is 1. The van der Waals surface area contributed by atoms with E-state index in [1.807, 2.05) is 12.1 Å². The van der Waals surface area contributed by atoms with Gasteiger partial charge in [0.1, 0.15) is 0 Å². The van der Waals surface area contributed by atoms with Crippen molar-refractivity contribution in [3.8, 4) is 0 Å². The number of carbonyl (C=O) groups is 1. The third-order valence-electron chi connectivity index (χ3n) is 5.46. The van der Waals surface area contributed by atoms with Gasteiger partial charge in [-0.3, -0.25) is 0 Å². The number of hydrogen-bond acceptors (Lipinski definition) is 2. The zero-order chi connectivity index (χ0) is 15.1. The molecule has 0 spiro atoms. The van der Waals surface area contributed by atoms with Crippen molar-refractivity contribution in [1.29, 1.82) is 0 Å². The molecule has 1 aliphatic rings. The van der Waals surface area contributed by atoms with Crippen molar-refractivity contribution in [2.45, 2.75) is 47.2 Å². The fraction of sp³-hybridized carbons (Fsp3) is 0.588. The van der Waals surface area contributed by atoms with Crippen LogP contribution in [0.2, 0.25) is 0 Å². The first-order valence-corrected chi connectivity index (χ1v) is 7.23. The van der Waals surface area contributed by atoms with Gasteiger partial charge in [-0.25, -0.2) is 4.79 Å². The van der Waals surface area contributed by atoms with Crippen LogP contribution >= 0.6 is 0 Å². The topological polar surface area (TPSA) is 49.3 Å². The first-order valence-electron chi connectivity index (χ1n) is 7.23. The van der Waals surface area contributed by atoms with Crippen LogP contribution in [-0.2, 0) is 6.54 Å². The quantitative estimate of drug-likeness (QED) is 0.864. The Balaban J connectivity index is 1.91. The molecule has 1 saturated carbocycles. The van der Waals surface area contributed by atoms with E-state index in [4.69, 9.17) is 5.11 Å². The average molecular weight is 275 g/mol. The van der Waals surface area contributed by atoms with Crippen LogP contribution in [0.25, 0.3) is 0 Å². The van der Waals surface area contributed by atoms with E-state index in [-0.39, 0.29) is 0 Å². The summed E-state index contributed by atoms with van der Waals surface area (Å²) in [7, 11) is 0. The maximum absolute atomic E-state index is 10.8. The fourth-order valence-corrected chi connectivity index (χ4v) is 3.66. The van der Waals surface area contributed by atoms with Gasteiger partial charge in [-0.1, -0.05) is 39.8 Å². The highest BCUT2D eigenvalue weighted by Gasteiger charge is 2.66. The van der Waals surface area contributed by atoms with Crippen molar-refractivity contribution in [3.63, 3.8) is 0 Å². The maximum atomic E-state index is 10.8. The molecule has 1 aliphatic carbocycles. The lowest BCUT2D eigenvalue weighted by atomic mass is 10.0. The van der Waals surface area contributed by atoms with Gasteiger partial charge in [0.25, 0.3) is 0 Å². The molecule has 3 heteroatoms. The SMILES string of the molecule is CC(NCc1ccc(C(=O)O)cc1)C1C(C)(C)C1(C)C. The highest BCUT2D eigenvalue weighted by molar-refractivity contribution is 5.87. The summed E-state index contributed by atoms with van der Waals surface area (Å²) in [4.78, 5) is 10.8. The molecule has 1 aromatic rings. The Morgan fingerprint density at radius 1 is 1.20 bits per heavy atom. The van der Waals surface area contributed by atoms with Crippen molar-refractivity contribution in [1.82, 2.24) is 5.32 Å². The summed E-state index contributed by atoms with van der Waals surface area (Å²) in [6.45, 7) is 12.3. The predicted molar refractivity (Wildman–Crippen MR) is 80.8 cm³/mol. The first-order chi connectivity index (χ1) is 9.18. The fourth-order valence-electron chi connectivity index (χ4n) is 3.66. The van der Waals surface area contributed by atoms with Gasteiger partial charge in [0.05, 0.1) is 5.56 Å². The number of hydrogen-bond donors (Lipinski definition) is 2. The smallest absolute Gasteiger partial charge is 0.335 e. The average Bonchev–Trinajstić information content (AvgIpc) is 2.77. The third kappa shape index (κ3) is 2.47. The van der Waals surface area contributed by atoms with Crippen molar-refractivity contribution >= 4 is 5.97 Å². The van der Waals surface area contributed by atoms with Crippen molar-refractivity contribution in [3.05, 3.63) is 35.4 Å². The van der Waals surface area contributed by atoms with Gasteiger partial charge in [0, 0.05) is 12.6 Å². The predicted octanol–water partition coefficient (Wildman–Crippen LogP) is 3.55. The normalized spacial score (nSPS) is 21.4. The van der Waals surface area contributed by atoms with E-state index in [1.165, 1.54) is 0 Å². The lowest BCUT2D eigenvalue weighted by molar-refractivity contribution is 0.0697. The summed E-state index contributed by atoms with van der Waals surface area (Å²) in [5.41, 5.74) is 2.23. The van der Waals surface area contributed by atoms with E-state index >= 15 is 0 Å². The summed E-state index contributed by atoms with van der Waals surface area (Å²) in [5, 5.41) is 12.4. The molecule has 2 rings (SSSR count). The number of nitrogens with one attached hydrogen (secondary N) is 1. The first kappa shape index (κ1) is 15.0. The molecule has 2 N–H and O–H groups in total. The highest BCUT2D eigenvalue weighted by atomic mass is 16.4. The standard InChI is InChI=1S/C17H25NO2/c1-11(14-16(2,3)17(14,4)5)18-10-12-6-8-13(9-7-12)15(19)20/h6-9,11,14,18H,10H2,1-5H3,(H,19,20). The Kier molecular flexibility index (Phi) is 3.67. The maximum Gasteiger partial charge on any atom is 0.335 e. The molecule has 110 valence electrons. The zero-order valence-electron chi connectivity index (χ0n) is 13.0. The number of rotatable bonds is 5. The molecule has 1 fully saturated rings. The van der Waals surface area contributed by atoms with Crippen LogP contribution in [0.5, 0.6) is 0 Å². The second kappa shape index (κ2) is 4.88. The van der Waals surface area contributed by atoms with Crippen LogP contribution < -0.4 is 5.32 Å². The summed E-state index contributed by atoms with van der Waals surface area (Å²) in [6.07, 6.45) is 0. The molecule has 0 aromatic heterocycles. The van der Waals surface area contributed by atoms with E-state index in [2.05, 4.69) is 39.9 Å². The molecule has 1 atom stereocenters. The van der Waals surface area contributed by atoms with Crippen LogP contribution in [0, 0.1) is 16.7 Å². The number of carboxylic acids is 1. The van der Waals surface area contributed by atoms with Gasteiger partial charge in [0.15, 0.2) is 0 Å². The minimum absolute atomic E-state index is 0.339. The summed E-state index contributed by atoms with van der Waals surface area (Å²) in [6, 6.07) is 7.54. The van der Waals surface area contributed by atoms with Gasteiger partial charge in [-0.2, -0.15) is 0 Å². The lowest BCUT2D eigenvalue weighted by Gasteiger charge is -2.16.